The number of piperazine rings is 1. The number of benzene rings is 4. The molecule has 0 aliphatic carbocycles. The van der Waals surface area contributed by atoms with Crippen LogP contribution in [0.3, 0.4) is 0 Å². The van der Waals surface area contributed by atoms with Crippen molar-refractivity contribution in [2.24, 2.45) is 0 Å². The normalized spacial score (nSPS) is 21.0. The molecule has 2 aromatic heterocycles. The highest BCUT2D eigenvalue weighted by Crippen LogP contribution is 2.46. The second kappa shape index (κ2) is 21.4. The molecule has 2 bridgehead atoms. The molecule has 6 heterocycles. The molecule has 6 aromatic rings. The first kappa shape index (κ1) is 55.6. The molecule has 0 saturated carbocycles. The van der Waals surface area contributed by atoms with Crippen molar-refractivity contribution < 1.29 is 27.5 Å². The molecule has 4 aliphatic heterocycles. The van der Waals surface area contributed by atoms with Gasteiger partial charge in [-0.15, -0.1) is 5.54 Å². The van der Waals surface area contributed by atoms with Crippen LogP contribution in [0.1, 0.15) is 127 Å². The van der Waals surface area contributed by atoms with Gasteiger partial charge in [-0.1, -0.05) is 153 Å². The quantitative estimate of drug-likeness (QED) is 0.0828. The maximum atomic E-state index is 18.1. The number of hydrogen-bond donors (Lipinski definition) is 0. The number of carbonyl (C=O) groups excluding carboxylic acids is 1. The van der Waals surface area contributed by atoms with E-state index in [0.717, 1.165) is 50.5 Å². The van der Waals surface area contributed by atoms with E-state index in [9.17, 15) is 4.79 Å². The zero-order valence-corrected chi connectivity index (χ0v) is 50.1. The van der Waals surface area contributed by atoms with Crippen molar-refractivity contribution in [1.82, 2.24) is 24.8 Å². The Kier molecular flexibility index (Phi) is 15.2. The van der Waals surface area contributed by atoms with Crippen LogP contribution in [0.5, 0.6) is 6.01 Å². The summed E-state index contributed by atoms with van der Waals surface area (Å²) >= 11 is 0. The molecule has 412 valence electrons. The number of fused-ring (bicyclic) bond motifs is 5. The van der Waals surface area contributed by atoms with Crippen LogP contribution in [-0.2, 0) is 9.16 Å². The van der Waals surface area contributed by atoms with Gasteiger partial charge in [-0.2, -0.15) is 9.97 Å². The van der Waals surface area contributed by atoms with Gasteiger partial charge in [-0.05, 0) is 109 Å². The van der Waals surface area contributed by atoms with Crippen LogP contribution < -0.4 is 20.0 Å². The average Bonchev–Trinajstić information content (AvgIpc) is 4.10. The van der Waals surface area contributed by atoms with E-state index >= 15 is 8.78 Å². The molecule has 0 spiro atoms. The van der Waals surface area contributed by atoms with E-state index < -0.39 is 33.6 Å². The number of anilines is 1. The van der Waals surface area contributed by atoms with Crippen LogP contribution >= 0.6 is 0 Å². The molecule has 0 radical (unpaired) electrons. The summed E-state index contributed by atoms with van der Waals surface area (Å²) in [6.07, 6.45) is 6.77. The summed E-state index contributed by atoms with van der Waals surface area (Å²) in [6, 6.07) is 30.4. The fourth-order valence-corrected chi connectivity index (χ4v) is 24.3. The number of aromatic nitrogens is 3. The lowest BCUT2D eigenvalue weighted by Gasteiger charge is -2.44. The lowest BCUT2D eigenvalue weighted by molar-refractivity contribution is 0.0122. The number of ether oxygens (including phenoxy) is 2. The maximum Gasteiger partial charge on any atom is 0.410 e. The summed E-state index contributed by atoms with van der Waals surface area (Å²) in [4.78, 5) is 35.3. The molecule has 2 unspecified atom stereocenters. The highest BCUT2D eigenvalue weighted by atomic mass is 28.4. The SMILES string of the molecule is CC(C)[Si](C#Cc1c(F)ccc2cccc(-c3ncc4c(N5CC6CCC(C5)N6C(=O)OC(C)(C)C)nc(OC[C@]56CCCN5[C@H](CO[Si](c5ccccc5)(c5ccccc5)C(C)(C)C)CC6)nc4c3F)c12)(C(C)C)C(C)C. The molecule has 4 aliphatic rings. The number of pyridine rings is 1. The predicted octanol–water partition coefficient (Wildman–Crippen LogP) is 13.2. The number of hydrogen-bond acceptors (Lipinski definition) is 9. The summed E-state index contributed by atoms with van der Waals surface area (Å²) in [5.74, 6) is 2.80. The molecule has 10 nitrogen and oxygen atoms in total. The Morgan fingerprint density at radius 2 is 1.44 bits per heavy atom. The molecular weight excluding hydrogens is 1010 g/mol. The van der Waals surface area contributed by atoms with Gasteiger partial charge >= 0.3 is 12.1 Å². The summed E-state index contributed by atoms with van der Waals surface area (Å²) in [5.41, 5.74) is 4.61. The standard InChI is InChI=1S/C64H80F2N6O4Si2/c1-42(2)77(43(3)4,44(5)6)36-32-51-54(65)30-27-45-21-19-26-52(55(45)51)57-56(66)58-53(37-67-57)59(70-38-46-28-29-47(39-70)72(46)61(73)76-62(7,8)9)69-60(68-58)74-41-64-33-20-35-71(64)48(31-34-64)40-75-78(63(10,11)12,49-22-15-13-16-23-49)50-24-17-14-18-25-50/h13-19,21-27,30,37,42-44,46-48H,20,28-29,31,33-35,38-41H2,1-12H3/t46?,47?,48-,64+/m0/s1. The van der Waals surface area contributed by atoms with E-state index in [0.29, 0.717) is 65.1 Å². The van der Waals surface area contributed by atoms with Crippen molar-refractivity contribution in [2.45, 2.75) is 173 Å². The van der Waals surface area contributed by atoms with E-state index in [1.54, 1.807) is 18.3 Å². The van der Waals surface area contributed by atoms with Crippen LogP contribution in [0.4, 0.5) is 19.4 Å². The minimum atomic E-state index is -2.79. The molecule has 10 rings (SSSR count). The van der Waals surface area contributed by atoms with E-state index in [1.807, 2.05) is 37.8 Å². The molecular formula is C64H80F2N6O4Si2. The topological polar surface area (TPSA) is 93.2 Å². The predicted molar refractivity (Wildman–Crippen MR) is 316 cm³/mol. The van der Waals surface area contributed by atoms with Gasteiger partial charge in [0.25, 0.3) is 8.32 Å². The van der Waals surface area contributed by atoms with Crippen LogP contribution in [0, 0.1) is 23.1 Å². The van der Waals surface area contributed by atoms with Crippen molar-refractivity contribution >= 4 is 60.4 Å². The summed E-state index contributed by atoms with van der Waals surface area (Å²) in [6.45, 7) is 28.8. The molecule has 4 atom stereocenters. The van der Waals surface area contributed by atoms with E-state index in [-0.39, 0.29) is 57.6 Å². The number of nitrogens with zero attached hydrogens (tertiary/aromatic N) is 6. The Hall–Kier alpha value is -5.73. The lowest BCUT2D eigenvalue weighted by atomic mass is 9.95. The van der Waals surface area contributed by atoms with Crippen molar-refractivity contribution in [2.75, 3.05) is 37.7 Å². The molecule has 0 N–H and O–H groups in total. The minimum Gasteiger partial charge on any atom is -0.461 e. The van der Waals surface area contributed by atoms with Crippen molar-refractivity contribution in [3.05, 3.63) is 114 Å². The Bertz CT molecular complexity index is 3170. The van der Waals surface area contributed by atoms with Crippen LogP contribution in [0.15, 0.2) is 97.2 Å². The van der Waals surface area contributed by atoms with Gasteiger partial charge in [0.05, 0.1) is 35.2 Å². The minimum absolute atomic E-state index is 0.0485. The monoisotopic (exact) mass is 1090 g/mol. The van der Waals surface area contributed by atoms with Crippen LogP contribution in [0.2, 0.25) is 21.7 Å². The molecule has 78 heavy (non-hydrogen) atoms. The number of halogens is 2. The maximum absolute atomic E-state index is 18.1. The van der Waals surface area contributed by atoms with Gasteiger partial charge in [-0.3, -0.25) is 14.8 Å². The van der Waals surface area contributed by atoms with Gasteiger partial charge in [0.2, 0.25) is 0 Å². The Morgan fingerprint density at radius 3 is 2.04 bits per heavy atom. The number of rotatable bonds is 13. The highest BCUT2D eigenvalue weighted by molar-refractivity contribution is 6.99. The van der Waals surface area contributed by atoms with Crippen molar-refractivity contribution in [3.8, 4) is 28.7 Å². The molecule has 1 amide bonds. The van der Waals surface area contributed by atoms with Crippen molar-refractivity contribution in [1.29, 1.82) is 0 Å². The van der Waals surface area contributed by atoms with E-state index in [1.165, 1.54) is 16.4 Å². The second-order valence-electron chi connectivity index (χ2n) is 25.6. The average molecular weight is 1090 g/mol. The highest BCUT2D eigenvalue weighted by Gasteiger charge is 2.54. The second-order valence-corrected chi connectivity index (χ2v) is 35.5. The molecule has 4 aromatic carbocycles. The Labute approximate surface area is 463 Å². The zero-order chi connectivity index (χ0) is 55.5. The van der Waals surface area contributed by atoms with Gasteiger partial charge < -0.3 is 18.8 Å². The van der Waals surface area contributed by atoms with Crippen LogP contribution in [0.25, 0.3) is 32.9 Å². The molecule has 4 saturated heterocycles. The Balaban J connectivity index is 1.02. The van der Waals surface area contributed by atoms with Gasteiger partial charge in [0, 0.05) is 36.3 Å². The smallest absolute Gasteiger partial charge is 0.410 e. The van der Waals surface area contributed by atoms with Crippen molar-refractivity contribution in [3.63, 3.8) is 0 Å². The first-order valence-corrected chi connectivity index (χ1v) is 32.7. The number of carbonyl (C=O) groups is 1. The molecule has 14 heteroatoms. The van der Waals surface area contributed by atoms with Crippen LogP contribution in [-0.4, -0.2) is 109 Å². The summed E-state index contributed by atoms with van der Waals surface area (Å²) < 4.78 is 54.8. The summed E-state index contributed by atoms with van der Waals surface area (Å²) in [7, 11) is -5.07. The van der Waals surface area contributed by atoms with Gasteiger partial charge in [0.1, 0.15) is 43.1 Å². The third kappa shape index (κ3) is 9.93. The largest absolute Gasteiger partial charge is 0.461 e. The fraction of sp³-hybridized carbons (Fsp3) is 0.500. The van der Waals surface area contributed by atoms with Gasteiger partial charge in [0.15, 0.2) is 5.82 Å². The van der Waals surface area contributed by atoms with Gasteiger partial charge in [-0.25, -0.2) is 13.6 Å². The summed E-state index contributed by atoms with van der Waals surface area (Å²) in [5, 5.41) is 4.06. The van der Waals surface area contributed by atoms with E-state index in [2.05, 4.69) is 144 Å². The first-order valence-electron chi connectivity index (χ1n) is 28.6. The Morgan fingerprint density at radius 1 is 0.795 bits per heavy atom. The first-order chi connectivity index (χ1) is 37.1. The van der Waals surface area contributed by atoms with E-state index in [4.69, 9.17) is 28.9 Å². The number of amides is 1. The lowest BCUT2D eigenvalue weighted by Crippen LogP contribution is -2.67. The third-order valence-electron chi connectivity index (χ3n) is 18.0. The molecule has 4 fully saturated rings. The zero-order valence-electron chi connectivity index (χ0n) is 48.1. The fourth-order valence-electron chi connectivity index (χ4n) is 14.5. The third-order valence-corrected chi connectivity index (χ3v) is 29.3.